The Labute approximate surface area is 181 Å². The molecule has 2 heterocycles. The Bertz CT molecular complexity index is 1080. The molecule has 0 bridgehead atoms. The number of rotatable bonds is 5. The Morgan fingerprint density at radius 3 is 2.58 bits per heavy atom. The molecule has 0 saturated heterocycles. The molecule has 4 rings (SSSR count). The average Bonchev–Trinajstić information content (AvgIpc) is 3.12. The number of thiazole rings is 1. The Kier molecular flexibility index (Phi) is 6.10. The van der Waals surface area contributed by atoms with Crippen molar-refractivity contribution in [1.29, 1.82) is 0 Å². The third-order valence-corrected chi connectivity index (χ3v) is 5.99. The van der Waals surface area contributed by atoms with Gasteiger partial charge in [-0.2, -0.15) is 0 Å². The molecule has 7 nitrogen and oxygen atoms in total. The molecule has 1 aliphatic rings. The molecule has 0 radical (unpaired) electrons. The van der Waals surface area contributed by atoms with Gasteiger partial charge in [-0.1, -0.05) is 17.4 Å². The minimum Gasteiger partial charge on any atom is -0.488 e. The van der Waals surface area contributed by atoms with Crippen molar-refractivity contribution in [3.05, 3.63) is 54.0 Å². The molecule has 1 aromatic carbocycles. The molecule has 1 aliphatic carbocycles. The van der Waals surface area contributed by atoms with Gasteiger partial charge in [-0.05, 0) is 37.8 Å². The number of anilines is 2. The van der Waals surface area contributed by atoms with Crippen molar-refractivity contribution in [3.63, 3.8) is 0 Å². The van der Waals surface area contributed by atoms with Gasteiger partial charge in [-0.15, -0.1) is 0 Å². The monoisotopic (exact) mass is 445 g/mol. The lowest BCUT2D eigenvalue weighted by Crippen LogP contribution is -2.31. The molecular weight excluding hydrogens is 424 g/mol. The molecule has 1 saturated carbocycles. The van der Waals surface area contributed by atoms with E-state index in [1.807, 2.05) is 0 Å². The Hall–Kier alpha value is -3.11. The molecule has 2 aromatic heterocycles. The summed E-state index contributed by atoms with van der Waals surface area (Å²) >= 11 is 0.835. The quantitative estimate of drug-likeness (QED) is 0.547. The highest BCUT2D eigenvalue weighted by Gasteiger charge is 2.24. The number of pyridine rings is 1. The minimum absolute atomic E-state index is 0.00201. The summed E-state index contributed by atoms with van der Waals surface area (Å²) < 4.78 is 34.2. The highest BCUT2D eigenvalue weighted by Crippen LogP contribution is 2.34. The van der Waals surface area contributed by atoms with Crippen LogP contribution in [0.5, 0.6) is 5.75 Å². The third-order valence-electron chi connectivity index (χ3n) is 5.09. The number of aromatic nitrogens is 2. The fourth-order valence-electron chi connectivity index (χ4n) is 3.45. The number of nitrogens with zero attached hydrogens (tertiary/aromatic N) is 2. The molecule has 3 aromatic rings. The predicted molar refractivity (Wildman–Crippen MR) is 115 cm³/mol. The normalized spacial score (nSPS) is 18.5. The first kappa shape index (κ1) is 21.1. The van der Waals surface area contributed by atoms with E-state index < -0.39 is 17.5 Å². The average molecular weight is 445 g/mol. The maximum absolute atomic E-state index is 14.1. The van der Waals surface area contributed by atoms with Gasteiger partial charge in [0.15, 0.2) is 5.69 Å². The zero-order valence-electron chi connectivity index (χ0n) is 16.5. The number of hydrogen-bond acceptors (Lipinski definition) is 7. The smallest absolute Gasteiger partial charge is 0.277 e. The van der Waals surface area contributed by atoms with Gasteiger partial charge in [0.05, 0.1) is 17.9 Å². The summed E-state index contributed by atoms with van der Waals surface area (Å²) in [6.45, 7) is 0. The molecule has 0 unspecified atom stereocenters. The van der Waals surface area contributed by atoms with Gasteiger partial charge < -0.3 is 21.5 Å². The summed E-state index contributed by atoms with van der Waals surface area (Å²) in [5.74, 6) is -1.72. The van der Waals surface area contributed by atoms with Crippen LogP contribution in [-0.4, -0.2) is 28.0 Å². The number of benzene rings is 1. The van der Waals surface area contributed by atoms with Crippen LogP contribution in [0.25, 0.3) is 10.6 Å². The van der Waals surface area contributed by atoms with E-state index >= 15 is 0 Å². The second kappa shape index (κ2) is 8.94. The van der Waals surface area contributed by atoms with Crippen molar-refractivity contribution >= 4 is 27.9 Å². The molecule has 10 heteroatoms. The van der Waals surface area contributed by atoms with Crippen LogP contribution in [0.2, 0.25) is 0 Å². The highest BCUT2D eigenvalue weighted by atomic mass is 32.1. The molecule has 5 N–H and O–H groups in total. The molecule has 0 spiro atoms. The van der Waals surface area contributed by atoms with Gasteiger partial charge >= 0.3 is 0 Å². The number of nitrogens with two attached hydrogens (primary N) is 2. The lowest BCUT2D eigenvalue weighted by molar-refractivity contribution is 0.102. The zero-order valence-corrected chi connectivity index (χ0v) is 17.3. The molecule has 1 amide bonds. The van der Waals surface area contributed by atoms with Gasteiger partial charge in [0.1, 0.15) is 33.1 Å². The first-order valence-electron chi connectivity index (χ1n) is 9.80. The van der Waals surface area contributed by atoms with Crippen molar-refractivity contribution in [3.8, 4) is 16.3 Å². The summed E-state index contributed by atoms with van der Waals surface area (Å²) in [7, 11) is 0. The van der Waals surface area contributed by atoms with Crippen LogP contribution in [0.4, 0.5) is 19.5 Å². The van der Waals surface area contributed by atoms with E-state index in [9.17, 15) is 13.6 Å². The lowest BCUT2D eigenvalue weighted by atomic mass is 9.94. The van der Waals surface area contributed by atoms with Gasteiger partial charge in [-0.25, -0.2) is 13.8 Å². The van der Waals surface area contributed by atoms with Crippen LogP contribution < -0.4 is 21.5 Å². The largest absolute Gasteiger partial charge is 0.488 e. The number of carbonyl (C=O) groups is 1. The molecule has 162 valence electrons. The van der Waals surface area contributed by atoms with E-state index in [1.165, 1.54) is 12.3 Å². The van der Waals surface area contributed by atoms with E-state index in [1.54, 1.807) is 12.3 Å². The van der Waals surface area contributed by atoms with Crippen LogP contribution in [0.15, 0.2) is 36.7 Å². The minimum atomic E-state index is -0.782. The molecule has 0 aliphatic heterocycles. The fourth-order valence-corrected chi connectivity index (χ4v) is 4.33. The number of nitrogens with one attached hydrogen (secondary N) is 1. The van der Waals surface area contributed by atoms with E-state index in [-0.39, 0.29) is 33.4 Å². The molecule has 0 atom stereocenters. The second-order valence-electron chi connectivity index (χ2n) is 7.31. The number of nitrogen functional groups attached to an aromatic ring is 1. The van der Waals surface area contributed by atoms with E-state index in [0.717, 1.165) is 49.2 Å². The van der Waals surface area contributed by atoms with Gasteiger partial charge in [-0.3, -0.25) is 9.78 Å². The second-order valence-corrected chi connectivity index (χ2v) is 8.34. The van der Waals surface area contributed by atoms with Gasteiger partial charge in [0.2, 0.25) is 0 Å². The Morgan fingerprint density at radius 1 is 1.16 bits per heavy atom. The van der Waals surface area contributed by atoms with Crippen LogP contribution in [0.3, 0.4) is 0 Å². The Morgan fingerprint density at radius 2 is 1.87 bits per heavy atom. The summed E-state index contributed by atoms with van der Waals surface area (Å²) in [4.78, 5) is 20.9. The van der Waals surface area contributed by atoms with Crippen molar-refractivity contribution in [2.75, 3.05) is 11.1 Å². The van der Waals surface area contributed by atoms with E-state index in [0.29, 0.717) is 11.4 Å². The van der Waals surface area contributed by atoms with Crippen molar-refractivity contribution < 1.29 is 18.3 Å². The zero-order chi connectivity index (χ0) is 22.0. The molecular formula is C21H21F2N5O2S. The topological polar surface area (TPSA) is 116 Å². The van der Waals surface area contributed by atoms with E-state index in [4.69, 9.17) is 16.2 Å². The van der Waals surface area contributed by atoms with Crippen molar-refractivity contribution in [1.82, 2.24) is 9.97 Å². The first-order chi connectivity index (χ1) is 14.9. The molecule has 1 fully saturated rings. The van der Waals surface area contributed by atoms with Gasteiger partial charge in [0.25, 0.3) is 5.91 Å². The van der Waals surface area contributed by atoms with Crippen LogP contribution >= 0.6 is 11.3 Å². The summed E-state index contributed by atoms with van der Waals surface area (Å²) in [6, 6.07) is 5.34. The lowest BCUT2D eigenvalue weighted by Gasteiger charge is -2.27. The van der Waals surface area contributed by atoms with Crippen molar-refractivity contribution in [2.24, 2.45) is 5.73 Å². The van der Waals surface area contributed by atoms with Crippen LogP contribution in [0.1, 0.15) is 36.2 Å². The standard InChI is InChI=1S/C21H21F2N5O2S/c22-13-2-1-3-14(23)17(13)21-28-18(19(25)31-21)20(29)27-15-10-26-9-8-16(15)30-12-6-4-11(24)5-7-12/h1-3,8-12H,4-7,24-25H2,(H,27,29). The predicted octanol–water partition coefficient (Wildman–Crippen LogP) is 3.97. The Balaban J connectivity index is 1.54. The summed E-state index contributed by atoms with van der Waals surface area (Å²) in [5.41, 5.74) is 11.8. The third kappa shape index (κ3) is 4.64. The number of amides is 1. The fraction of sp³-hybridized carbons (Fsp3) is 0.286. The number of hydrogen-bond donors (Lipinski definition) is 3. The number of ether oxygens (including phenoxy) is 1. The van der Waals surface area contributed by atoms with Gasteiger partial charge in [0, 0.05) is 18.3 Å². The summed E-state index contributed by atoms with van der Waals surface area (Å²) in [6.07, 6.45) is 6.43. The number of halogens is 2. The molecule has 31 heavy (non-hydrogen) atoms. The number of carbonyl (C=O) groups excluding carboxylic acids is 1. The summed E-state index contributed by atoms with van der Waals surface area (Å²) in [5, 5.41) is 2.72. The SMILES string of the molecule is Nc1sc(-c2c(F)cccc2F)nc1C(=O)Nc1cnccc1OC1CCC(N)CC1. The maximum Gasteiger partial charge on any atom is 0.277 e. The van der Waals surface area contributed by atoms with Crippen molar-refractivity contribution in [2.45, 2.75) is 37.8 Å². The maximum atomic E-state index is 14.1. The highest BCUT2D eigenvalue weighted by molar-refractivity contribution is 7.19. The van der Waals surface area contributed by atoms with Crippen LogP contribution in [0, 0.1) is 11.6 Å². The first-order valence-corrected chi connectivity index (χ1v) is 10.6. The van der Waals surface area contributed by atoms with Crippen LogP contribution in [-0.2, 0) is 0 Å². The van der Waals surface area contributed by atoms with E-state index in [2.05, 4.69) is 15.3 Å².